The number of imidazole rings is 1. The van der Waals surface area contributed by atoms with Crippen LogP contribution < -0.4 is 5.69 Å². The average molecular weight is 516 g/mol. The van der Waals surface area contributed by atoms with Gasteiger partial charge in [-0.3, -0.25) is 9.13 Å². The van der Waals surface area contributed by atoms with Crippen LogP contribution in [0.1, 0.15) is 17.0 Å². The first kappa shape index (κ1) is 23.5. The van der Waals surface area contributed by atoms with Crippen LogP contribution in [-0.4, -0.2) is 29.1 Å². The number of halogens is 3. The molecule has 2 aromatic carbocycles. The summed E-state index contributed by atoms with van der Waals surface area (Å²) in [6.45, 7) is -0.322. The molecule has 190 valence electrons. The number of rotatable bonds is 6. The lowest BCUT2D eigenvalue weighted by atomic mass is 10.1. The van der Waals surface area contributed by atoms with Crippen molar-refractivity contribution in [2.45, 2.75) is 19.3 Å². The predicted octanol–water partition coefficient (Wildman–Crippen LogP) is 5.15. The fourth-order valence-electron chi connectivity index (χ4n) is 4.37. The van der Waals surface area contributed by atoms with Crippen molar-refractivity contribution in [3.05, 3.63) is 119 Å². The van der Waals surface area contributed by atoms with Crippen LogP contribution in [0.15, 0.2) is 101 Å². The summed E-state index contributed by atoms with van der Waals surface area (Å²) in [5.74, 6) is 0.404. The first-order valence-electron chi connectivity index (χ1n) is 11.6. The Morgan fingerprint density at radius 2 is 1.61 bits per heavy atom. The van der Waals surface area contributed by atoms with E-state index < -0.39 is 17.4 Å². The van der Waals surface area contributed by atoms with E-state index in [2.05, 4.69) is 15.3 Å². The maximum absolute atomic E-state index is 14.5. The highest BCUT2D eigenvalue weighted by molar-refractivity contribution is 5.81. The third kappa shape index (κ3) is 4.27. The first-order chi connectivity index (χ1) is 18.4. The number of hydrogen-bond acceptors (Lipinski definition) is 5. The lowest BCUT2D eigenvalue weighted by molar-refractivity contribution is -0.136. The van der Waals surface area contributed by atoms with E-state index in [-0.39, 0.29) is 29.9 Å². The van der Waals surface area contributed by atoms with Crippen LogP contribution in [0.4, 0.5) is 13.2 Å². The monoisotopic (exact) mass is 516 g/mol. The second kappa shape index (κ2) is 9.18. The number of para-hydroxylation sites is 1. The fourth-order valence-corrected chi connectivity index (χ4v) is 4.37. The molecule has 0 spiro atoms. The average Bonchev–Trinajstić information content (AvgIpc) is 3.67. The number of pyridine rings is 1. The van der Waals surface area contributed by atoms with Crippen LogP contribution in [0, 0.1) is 0 Å². The molecule has 0 fully saturated rings. The Labute approximate surface area is 213 Å². The lowest BCUT2D eigenvalue weighted by Crippen LogP contribution is -2.25. The van der Waals surface area contributed by atoms with Gasteiger partial charge in [0.15, 0.2) is 5.65 Å². The molecule has 6 rings (SSSR count). The molecular weight excluding hydrogens is 497 g/mol. The third-order valence-electron chi connectivity index (χ3n) is 6.11. The minimum Gasteiger partial charge on any atom is -0.467 e. The summed E-state index contributed by atoms with van der Waals surface area (Å²) in [7, 11) is 0. The van der Waals surface area contributed by atoms with Crippen molar-refractivity contribution in [1.82, 2.24) is 29.1 Å². The molecule has 6 aromatic rings. The van der Waals surface area contributed by atoms with Crippen LogP contribution in [0.2, 0.25) is 0 Å². The van der Waals surface area contributed by atoms with Crippen molar-refractivity contribution in [2.75, 3.05) is 0 Å². The topological polar surface area (TPSA) is 83.7 Å². The Kier molecular flexibility index (Phi) is 5.67. The Morgan fingerprint density at radius 3 is 2.29 bits per heavy atom. The summed E-state index contributed by atoms with van der Waals surface area (Å²) in [6.07, 6.45) is -1.74. The summed E-state index contributed by atoms with van der Waals surface area (Å²) < 4.78 is 52.5. The number of benzene rings is 2. The second-order valence-electron chi connectivity index (χ2n) is 8.62. The molecule has 11 heteroatoms. The molecule has 0 saturated heterocycles. The summed E-state index contributed by atoms with van der Waals surface area (Å²) in [5.41, 5.74) is -0.432. The molecule has 0 atom stereocenters. The van der Waals surface area contributed by atoms with Crippen LogP contribution in [0.3, 0.4) is 0 Å². The van der Waals surface area contributed by atoms with E-state index in [1.807, 2.05) is 30.3 Å². The molecule has 4 aromatic heterocycles. The Balaban J connectivity index is 1.56. The van der Waals surface area contributed by atoms with Crippen LogP contribution >= 0.6 is 0 Å². The standard InChI is InChI=1S/C27H19F3N6O2/c28-27(29,30)22-14-23(18-8-3-1-4-9-18)31-25-24(22)34(26(37)35(25)17-21-12-7-13-38-21)15-19-16-36(33-32-19)20-10-5-2-6-11-20/h1-14,16H,15,17H2. The molecule has 0 aliphatic carbocycles. The van der Waals surface area contributed by atoms with Gasteiger partial charge >= 0.3 is 11.9 Å². The SMILES string of the molecule is O=c1n(Cc2ccco2)c2nc(-c3ccccc3)cc(C(F)(F)F)c2n1Cc1cn(-c2ccccc2)nn1. The first-order valence-corrected chi connectivity index (χ1v) is 11.6. The van der Waals surface area contributed by atoms with Crippen molar-refractivity contribution in [2.24, 2.45) is 0 Å². The van der Waals surface area contributed by atoms with Crippen molar-refractivity contribution >= 4 is 11.2 Å². The number of nitrogens with zero attached hydrogens (tertiary/aromatic N) is 6. The van der Waals surface area contributed by atoms with Gasteiger partial charge in [-0.2, -0.15) is 13.2 Å². The number of furan rings is 1. The highest BCUT2D eigenvalue weighted by Gasteiger charge is 2.37. The number of alkyl halides is 3. The summed E-state index contributed by atoms with van der Waals surface area (Å²) in [4.78, 5) is 18.2. The molecular formula is C27H19F3N6O2. The van der Waals surface area contributed by atoms with E-state index in [0.29, 0.717) is 17.0 Å². The maximum Gasteiger partial charge on any atom is 0.418 e. The smallest absolute Gasteiger partial charge is 0.418 e. The largest absolute Gasteiger partial charge is 0.467 e. The second-order valence-corrected chi connectivity index (χ2v) is 8.62. The zero-order valence-corrected chi connectivity index (χ0v) is 19.7. The quantitative estimate of drug-likeness (QED) is 0.306. The Bertz CT molecular complexity index is 1770. The van der Waals surface area contributed by atoms with Gasteiger partial charge in [0.25, 0.3) is 0 Å². The summed E-state index contributed by atoms with van der Waals surface area (Å²) in [6, 6.07) is 21.9. The zero-order valence-electron chi connectivity index (χ0n) is 19.7. The van der Waals surface area contributed by atoms with E-state index in [9.17, 15) is 18.0 Å². The number of aromatic nitrogens is 6. The molecule has 0 unspecified atom stereocenters. The van der Waals surface area contributed by atoms with E-state index in [1.54, 1.807) is 48.7 Å². The number of fused-ring (bicyclic) bond motifs is 1. The molecule has 0 saturated carbocycles. The number of hydrogen-bond donors (Lipinski definition) is 0. The molecule has 4 heterocycles. The van der Waals surface area contributed by atoms with Gasteiger partial charge in [-0.05, 0) is 30.3 Å². The maximum atomic E-state index is 14.5. The highest BCUT2D eigenvalue weighted by atomic mass is 19.4. The normalized spacial score (nSPS) is 11.9. The molecule has 38 heavy (non-hydrogen) atoms. The van der Waals surface area contributed by atoms with Gasteiger partial charge in [0.05, 0.1) is 42.5 Å². The van der Waals surface area contributed by atoms with Crippen molar-refractivity contribution < 1.29 is 17.6 Å². The van der Waals surface area contributed by atoms with Crippen molar-refractivity contribution in [3.8, 4) is 16.9 Å². The Morgan fingerprint density at radius 1 is 0.868 bits per heavy atom. The summed E-state index contributed by atoms with van der Waals surface area (Å²) >= 11 is 0. The van der Waals surface area contributed by atoms with Crippen LogP contribution in [-0.2, 0) is 19.3 Å². The van der Waals surface area contributed by atoms with Gasteiger partial charge in [-0.15, -0.1) is 5.10 Å². The molecule has 0 bridgehead atoms. The Hall–Kier alpha value is -4.93. The van der Waals surface area contributed by atoms with Crippen LogP contribution in [0.25, 0.3) is 28.1 Å². The van der Waals surface area contributed by atoms with Crippen molar-refractivity contribution in [1.29, 1.82) is 0 Å². The minimum atomic E-state index is -4.75. The zero-order chi connectivity index (χ0) is 26.3. The molecule has 0 N–H and O–H groups in total. The van der Waals surface area contributed by atoms with E-state index >= 15 is 0 Å². The van der Waals surface area contributed by atoms with Gasteiger partial charge in [-0.1, -0.05) is 53.7 Å². The summed E-state index contributed by atoms with van der Waals surface area (Å²) in [5, 5.41) is 8.18. The van der Waals surface area contributed by atoms with Crippen LogP contribution in [0.5, 0.6) is 0 Å². The van der Waals surface area contributed by atoms with Gasteiger partial charge in [0, 0.05) is 5.56 Å². The predicted molar refractivity (Wildman–Crippen MR) is 133 cm³/mol. The van der Waals surface area contributed by atoms with Gasteiger partial charge < -0.3 is 4.42 Å². The lowest BCUT2D eigenvalue weighted by Gasteiger charge is -2.12. The van der Waals surface area contributed by atoms with Crippen molar-refractivity contribution in [3.63, 3.8) is 0 Å². The third-order valence-corrected chi connectivity index (χ3v) is 6.11. The molecule has 0 aliphatic heterocycles. The van der Waals surface area contributed by atoms with E-state index in [4.69, 9.17) is 4.42 Å². The minimum absolute atomic E-state index is 0.0887. The molecule has 0 amide bonds. The van der Waals surface area contributed by atoms with Gasteiger partial charge in [-0.25, -0.2) is 14.5 Å². The molecule has 0 radical (unpaired) electrons. The highest BCUT2D eigenvalue weighted by Crippen LogP contribution is 2.37. The molecule has 0 aliphatic rings. The molecule has 8 nitrogen and oxygen atoms in total. The van der Waals surface area contributed by atoms with E-state index in [1.165, 1.54) is 15.5 Å². The van der Waals surface area contributed by atoms with Gasteiger partial charge in [0.1, 0.15) is 17.0 Å². The fraction of sp³-hybridized carbons (Fsp3) is 0.111. The van der Waals surface area contributed by atoms with Gasteiger partial charge in [0.2, 0.25) is 0 Å². The van der Waals surface area contributed by atoms with E-state index in [0.717, 1.165) is 16.3 Å².